The van der Waals surface area contributed by atoms with Crippen molar-refractivity contribution in [3.8, 4) is 0 Å². The quantitative estimate of drug-likeness (QED) is 0.738. The third-order valence-electron chi connectivity index (χ3n) is 4.65. The Morgan fingerprint density at radius 3 is 2.62 bits per heavy atom. The fourth-order valence-electron chi connectivity index (χ4n) is 2.80. The Morgan fingerprint density at radius 1 is 1.23 bits per heavy atom. The fourth-order valence-corrected chi connectivity index (χ4v) is 2.94. The van der Waals surface area contributed by atoms with Gasteiger partial charge in [-0.3, -0.25) is 9.48 Å². The number of anilines is 1. The van der Waals surface area contributed by atoms with Crippen LogP contribution in [-0.2, 0) is 6.54 Å². The Bertz CT molecular complexity index is 988. The monoisotopic (exact) mass is 372 g/mol. The zero-order valence-corrected chi connectivity index (χ0v) is 16.2. The van der Waals surface area contributed by atoms with Gasteiger partial charge in [-0.1, -0.05) is 28.9 Å². The molecule has 2 aromatic heterocycles. The number of amides is 1. The van der Waals surface area contributed by atoms with Gasteiger partial charge in [-0.05, 0) is 51.8 Å². The fraction of sp³-hybridized carbons (Fsp3) is 0.316. The highest BCUT2D eigenvalue weighted by atomic mass is 35.5. The van der Waals surface area contributed by atoms with Crippen LogP contribution in [0.2, 0.25) is 5.02 Å². The van der Waals surface area contributed by atoms with Gasteiger partial charge in [0.25, 0.3) is 5.91 Å². The van der Waals surface area contributed by atoms with E-state index in [1.807, 2.05) is 45.9 Å². The molecule has 0 radical (unpaired) electrons. The van der Waals surface area contributed by atoms with Gasteiger partial charge in [0, 0.05) is 11.3 Å². The molecule has 0 unspecified atom stereocenters. The molecule has 3 rings (SSSR count). The van der Waals surface area contributed by atoms with Crippen LogP contribution >= 0.6 is 11.6 Å². The molecular weight excluding hydrogens is 352 g/mol. The smallest absolute Gasteiger partial charge is 0.278 e. The average Bonchev–Trinajstić information content (AvgIpc) is 3.08. The highest BCUT2D eigenvalue weighted by Crippen LogP contribution is 2.23. The number of rotatable bonds is 4. The molecule has 2 heterocycles. The number of nitrogens with one attached hydrogen (secondary N) is 1. The van der Waals surface area contributed by atoms with Crippen molar-refractivity contribution in [2.24, 2.45) is 0 Å². The van der Waals surface area contributed by atoms with E-state index in [0.717, 1.165) is 28.2 Å². The lowest BCUT2D eigenvalue weighted by Crippen LogP contribution is -2.17. The van der Waals surface area contributed by atoms with E-state index in [1.54, 1.807) is 11.6 Å². The molecule has 0 saturated heterocycles. The number of nitrogens with zero attached hydrogens (tertiary/aromatic N) is 3. The van der Waals surface area contributed by atoms with E-state index in [1.165, 1.54) is 0 Å². The second kappa shape index (κ2) is 6.96. The first-order valence-corrected chi connectivity index (χ1v) is 8.69. The lowest BCUT2D eigenvalue weighted by Gasteiger charge is -2.10. The van der Waals surface area contributed by atoms with E-state index in [-0.39, 0.29) is 11.6 Å². The molecule has 0 saturated carbocycles. The Kier molecular flexibility index (Phi) is 4.87. The van der Waals surface area contributed by atoms with Gasteiger partial charge in [-0.15, -0.1) is 0 Å². The van der Waals surface area contributed by atoms with Crippen molar-refractivity contribution < 1.29 is 9.32 Å². The van der Waals surface area contributed by atoms with Crippen molar-refractivity contribution in [1.29, 1.82) is 0 Å². The number of carbonyl (C=O) groups is 1. The molecular formula is C19H21ClN4O2. The molecule has 0 aliphatic rings. The molecule has 0 bridgehead atoms. The number of halogens is 1. The van der Waals surface area contributed by atoms with Crippen molar-refractivity contribution in [2.75, 3.05) is 5.32 Å². The average molecular weight is 373 g/mol. The zero-order chi connectivity index (χ0) is 19.0. The minimum atomic E-state index is -0.307. The maximum atomic E-state index is 12.8. The minimum Gasteiger partial charge on any atom is -0.361 e. The van der Waals surface area contributed by atoms with Crippen molar-refractivity contribution in [3.05, 3.63) is 62.8 Å². The van der Waals surface area contributed by atoms with E-state index in [2.05, 4.69) is 15.6 Å². The largest absolute Gasteiger partial charge is 0.361 e. The van der Waals surface area contributed by atoms with Crippen molar-refractivity contribution in [1.82, 2.24) is 14.9 Å². The minimum absolute atomic E-state index is 0.257. The molecule has 1 aromatic carbocycles. The maximum absolute atomic E-state index is 12.8. The molecule has 0 fully saturated rings. The summed E-state index contributed by atoms with van der Waals surface area (Å²) in [5, 5.41) is 11.9. The van der Waals surface area contributed by atoms with Crippen LogP contribution in [0.1, 0.15) is 44.3 Å². The number of aryl methyl sites for hydroxylation is 3. The van der Waals surface area contributed by atoms with Crippen LogP contribution < -0.4 is 5.32 Å². The second-order valence-corrected chi connectivity index (χ2v) is 6.79. The van der Waals surface area contributed by atoms with Gasteiger partial charge in [0.2, 0.25) is 0 Å². The lowest BCUT2D eigenvalue weighted by molar-refractivity contribution is 0.101. The SMILES string of the molecule is Cc1cccc(NC(=O)c2noc(C)c2Cn2nc(C)c(Cl)c2C)c1C. The molecule has 3 aromatic rings. The Hall–Kier alpha value is -2.60. The van der Waals surface area contributed by atoms with Crippen molar-refractivity contribution >= 4 is 23.2 Å². The highest BCUT2D eigenvalue weighted by Gasteiger charge is 2.22. The van der Waals surface area contributed by atoms with E-state index in [9.17, 15) is 4.79 Å². The molecule has 7 heteroatoms. The summed E-state index contributed by atoms with van der Waals surface area (Å²) in [6.07, 6.45) is 0. The predicted molar refractivity (Wildman–Crippen MR) is 101 cm³/mol. The number of hydrogen-bond donors (Lipinski definition) is 1. The van der Waals surface area contributed by atoms with Gasteiger partial charge in [0.1, 0.15) is 5.76 Å². The highest BCUT2D eigenvalue weighted by molar-refractivity contribution is 6.31. The molecule has 0 aliphatic heterocycles. The van der Waals surface area contributed by atoms with Gasteiger partial charge in [-0.2, -0.15) is 5.10 Å². The Morgan fingerprint density at radius 2 is 1.96 bits per heavy atom. The standard InChI is InChI=1S/C19H21ClN4O2/c1-10-7-6-8-16(11(10)2)21-19(25)18-15(14(5)26-23-18)9-24-13(4)17(20)12(3)22-24/h6-8H,9H2,1-5H3,(H,21,25). The summed E-state index contributed by atoms with van der Waals surface area (Å²) in [4.78, 5) is 12.8. The van der Waals surface area contributed by atoms with Crippen molar-refractivity contribution in [2.45, 2.75) is 41.2 Å². The summed E-state index contributed by atoms with van der Waals surface area (Å²) in [6.45, 7) is 9.86. The first kappa shape index (κ1) is 18.2. The summed E-state index contributed by atoms with van der Waals surface area (Å²) < 4.78 is 7.03. The molecule has 6 nitrogen and oxygen atoms in total. The molecule has 1 N–H and O–H groups in total. The molecule has 0 spiro atoms. The summed E-state index contributed by atoms with van der Waals surface area (Å²) in [5.41, 5.74) is 5.42. The van der Waals surface area contributed by atoms with E-state index in [4.69, 9.17) is 16.1 Å². The van der Waals surface area contributed by atoms with Crippen LogP contribution in [0.5, 0.6) is 0 Å². The van der Waals surface area contributed by atoms with Gasteiger partial charge in [0.15, 0.2) is 5.69 Å². The van der Waals surface area contributed by atoms with Crippen LogP contribution in [0.15, 0.2) is 22.7 Å². The predicted octanol–water partition coefficient (Wildman–Crippen LogP) is 4.37. The topological polar surface area (TPSA) is 73.0 Å². The van der Waals surface area contributed by atoms with Crippen LogP contribution in [0.3, 0.4) is 0 Å². The third-order valence-corrected chi connectivity index (χ3v) is 5.20. The zero-order valence-electron chi connectivity index (χ0n) is 15.5. The summed E-state index contributed by atoms with van der Waals surface area (Å²) in [6, 6.07) is 5.78. The van der Waals surface area contributed by atoms with E-state index < -0.39 is 0 Å². The van der Waals surface area contributed by atoms with Crippen LogP contribution in [-0.4, -0.2) is 20.8 Å². The first-order chi connectivity index (χ1) is 12.3. The number of carbonyl (C=O) groups excluding carboxylic acids is 1. The number of benzene rings is 1. The van der Waals surface area contributed by atoms with Crippen LogP contribution in [0, 0.1) is 34.6 Å². The molecule has 26 heavy (non-hydrogen) atoms. The Balaban J connectivity index is 1.91. The van der Waals surface area contributed by atoms with Crippen LogP contribution in [0.25, 0.3) is 0 Å². The summed E-state index contributed by atoms with van der Waals surface area (Å²) in [5.74, 6) is 0.276. The summed E-state index contributed by atoms with van der Waals surface area (Å²) >= 11 is 6.22. The molecule has 136 valence electrons. The van der Waals surface area contributed by atoms with Crippen LogP contribution in [0.4, 0.5) is 5.69 Å². The number of hydrogen-bond acceptors (Lipinski definition) is 4. The third kappa shape index (κ3) is 3.24. The van der Waals surface area contributed by atoms with E-state index in [0.29, 0.717) is 22.9 Å². The maximum Gasteiger partial charge on any atom is 0.278 e. The molecule has 0 aliphatic carbocycles. The van der Waals surface area contributed by atoms with E-state index >= 15 is 0 Å². The normalized spacial score (nSPS) is 11.0. The molecule has 1 amide bonds. The van der Waals surface area contributed by atoms with Gasteiger partial charge >= 0.3 is 0 Å². The van der Waals surface area contributed by atoms with Gasteiger partial charge in [0.05, 0.1) is 23.0 Å². The van der Waals surface area contributed by atoms with Gasteiger partial charge in [-0.25, -0.2) is 0 Å². The molecule has 0 atom stereocenters. The second-order valence-electron chi connectivity index (χ2n) is 6.41. The van der Waals surface area contributed by atoms with Gasteiger partial charge < -0.3 is 9.84 Å². The Labute approximate surface area is 157 Å². The number of aromatic nitrogens is 3. The summed E-state index contributed by atoms with van der Waals surface area (Å²) in [7, 11) is 0. The first-order valence-electron chi connectivity index (χ1n) is 8.31. The van der Waals surface area contributed by atoms with Crippen molar-refractivity contribution in [3.63, 3.8) is 0 Å². The lowest BCUT2D eigenvalue weighted by atomic mass is 10.1.